The van der Waals surface area contributed by atoms with E-state index >= 15 is 0 Å². The molecule has 1 N–H and O–H groups in total. The second-order valence-corrected chi connectivity index (χ2v) is 7.43. The molecule has 0 amide bonds. The van der Waals surface area contributed by atoms with Crippen molar-refractivity contribution in [3.63, 3.8) is 0 Å². The topological polar surface area (TPSA) is 38.7 Å². The summed E-state index contributed by atoms with van der Waals surface area (Å²) in [6.07, 6.45) is 0.719. The number of benzene rings is 4. The lowest BCUT2D eigenvalue weighted by atomic mass is 10.0. The van der Waals surface area contributed by atoms with Crippen molar-refractivity contribution >= 4 is 0 Å². The Balaban J connectivity index is 1.45. The predicted molar refractivity (Wildman–Crippen MR) is 123 cm³/mol. The van der Waals surface area contributed by atoms with Crippen LogP contribution in [0.3, 0.4) is 0 Å². The highest BCUT2D eigenvalue weighted by Crippen LogP contribution is 2.26. The summed E-state index contributed by atoms with van der Waals surface area (Å²) >= 11 is 0. The fourth-order valence-corrected chi connectivity index (χ4v) is 3.49. The molecule has 0 bridgehead atoms. The van der Waals surface area contributed by atoms with Gasteiger partial charge in [0.15, 0.2) is 0 Å². The van der Waals surface area contributed by atoms with Crippen LogP contribution in [0.5, 0.6) is 11.5 Å². The third kappa shape index (κ3) is 5.74. The van der Waals surface area contributed by atoms with E-state index in [-0.39, 0.29) is 6.61 Å². The Morgan fingerprint density at radius 2 is 1.06 bits per heavy atom. The average molecular weight is 411 g/mol. The number of aliphatic hydroxyl groups is 1. The lowest BCUT2D eigenvalue weighted by Crippen LogP contribution is -2.01. The molecule has 4 aromatic rings. The summed E-state index contributed by atoms with van der Waals surface area (Å²) in [5.74, 6) is 1.59. The van der Waals surface area contributed by atoms with Crippen LogP contribution in [-0.2, 0) is 26.2 Å². The molecule has 0 atom stereocenters. The van der Waals surface area contributed by atoms with E-state index in [1.165, 1.54) is 0 Å². The Morgan fingerprint density at radius 1 is 0.516 bits per heavy atom. The molecule has 4 aromatic carbocycles. The van der Waals surface area contributed by atoms with Gasteiger partial charge in [0, 0.05) is 12.0 Å². The van der Waals surface area contributed by atoms with Crippen molar-refractivity contribution in [3.8, 4) is 11.5 Å². The second-order valence-electron chi connectivity index (χ2n) is 7.43. The second kappa shape index (κ2) is 10.5. The molecule has 0 saturated heterocycles. The zero-order valence-corrected chi connectivity index (χ0v) is 17.4. The van der Waals surface area contributed by atoms with Crippen LogP contribution in [0.25, 0.3) is 0 Å². The van der Waals surface area contributed by atoms with Crippen molar-refractivity contribution in [1.82, 2.24) is 0 Å². The fraction of sp³-hybridized carbons (Fsp3) is 0.143. The van der Waals surface area contributed by atoms with E-state index in [9.17, 15) is 5.11 Å². The van der Waals surface area contributed by atoms with Crippen LogP contribution < -0.4 is 9.47 Å². The molecule has 0 aliphatic carbocycles. The number of ether oxygens (including phenoxy) is 2. The first-order chi connectivity index (χ1) is 15.3. The molecule has 0 aliphatic heterocycles. The van der Waals surface area contributed by atoms with Gasteiger partial charge in [0.1, 0.15) is 24.7 Å². The molecule has 4 rings (SSSR count). The van der Waals surface area contributed by atoms with E-state index in [1.807, 2.05) is 84.9 Å². The summed E-state index contributed by atoms with van der Waals surface area (Å²) in [6, 6.07) is 34.3. The maximum Gasteiger partial charge on any atom is 0.125 e. The minimum Gasteiger partial charge on any atom is -0.489 e. The van der Waals surface area contributed by atoms with Crippen molar-refractivity contribution in [2.75, 3.05) is 0 Å². The molecule has 0 radical (unpaired) electrons. The first-order valence-electron chi connectivity index (χ1n) is 10.5. The minimum absolute atomic E-state index is 0.0654. The Kier molecular flexibility index (Phi) is 6.99. The molecule has 3 heteroatoms. The zero-order chi connectivity index (χ0) is 21.3. The van der Waals surface area contributed by atoms with E-state index in [4.69, 9.17) is 9.47 Å². The summed E-state index contributed by atoms with van der Waals surface area (Å²) in [5.41, 5.74) is 5.24. The molecule has 0 unspecified atom stereocenters. The molecular formula is C28H26O3. The van der Waals surface area contributed by atoms with Gasteiger partial charge in [-0.05, 0) is 40.5 Å². The normalized spacial score (nSPS) is 10.6. The molecule has 0 saturated carbocycles. The lowest BCUT2D eigenvalue weighted by molar-refractivity contribution is 0.259. The van der Waals surface area contributed by atoms with Gasteiger partial charge in [-0.1, -0.05) is 84.9 Å². The zero-order valence-electron chi connectivity index (χ0n) is 17.4. The van der Waals surface area contributed by atoms with Crippen molar-refractivity contribution in [1.29, 1.82) is 0 Å². The first-order valence-corrected chi connectivity index (χ1v) is 10.5. The van der Waals surface area contributed by atoms with Gasteiger partial charge in [-0.2, -0.15) is 0 Å². The first kappa shape index (κ1) is 20.7. The van der Waals surface area contributed by atoms with Gasteiger partial charge in [-0.25, -0.2) is 0 Å². The number of aliphatic hydroxyl groups excluding tert-OH is 1. The summed E-state index contributed by atoms with van der Waals surface area (Å²) in [7, 11) is 0. The number of para-hydroxylation sites is 1. The molecule has 0 heterocycles. The van der Waals surface area contributed by atoms with Crippen molar-refractivity contribution in [2.24, 2.45) is 0 Å². The summed E-state index contributed by atoms with van der Waals surface area (Å²) in [5, 5.41) is 9.87. The largest absolute Gasteiger partial charge is 0.489 e. The highest BCUT2D eigenvalue weighted by Gasteiger charge is 2.09. The predicted octanol–water partition coefficient (Wildman–Crippen LogP) is 5.93. The van der Waals surface area contributed by atoms with E-state index < -0.39 is 0 Å². The van der Waals surface area contributed by atoms with E-state index in [0.717, 1.165) is 40.0 Å². The van der Waals surface area contributed by atoms with Crippen LogP contribution in [0.15, 0.2) is 103 Å². The van der Waals surface area contributed by atoms with Crippen LogP contribution in [0.1, 0.15) is 27.8 Å². The Hall–Kier alpha value is -3.56. The molecule has 0 fully saturated rings. The smallest absolute Gasteiger partial charge is 0.125 e. The van der Waals surface area contributed by atoms with Crippen molar-refractivity contribution in [3.05, 3.63) is 131 Å². The van der Waals surface area contributed by atoms with E-state index in [0.29, 0.717) is 19.0 Å². The van der Waals surface area contributed by atoms with Gasteiger partial charge in [-0.3, -0.25) is 0 Å². The standard InChI is InChI=1S/C28H26O3/c29-19-26-18-24(15-16-28(26)31-21-23-11-5-2-6-12-23)17-25-13-7-8-14-27(25)30-20-22-9-3-1-4-10-22/h1-16,18,29H,17,19-21H2. The number of hydrogen-bond acceptors (Lipinski definition) is 3. The Morgan fingerprint density at radius 3 is 1.68 bits per heavy atom. The summed E-state index contributed by atoms with van der Waals surface area (Å²) < 4.78 is 12.0. The van der Waals surface area contributed by atoms with Gasteiger partial charge in [0.2, 0.25) is 0 Å². The van der Waals surface area contributed by atoms with Crippen LogP contribution in [-0.4, -0.2) is 5.11 Å². The highest BCUT2D eigenvalue weighted by molar-refractivity contribution is 5.42. The SMILES string of the molecule is OCc1cc(Cc2ccccc2OCc2ccccc2)ccc1OCc1ccccc1. The molecule has 156 valence electrons. The molecule has 0 aromatic heterocycles. The third-order valence-corrected chi connectivity index (χ3v) is 5.14. The molecule has 0 spiro atoms. The van der Waals surface area contributed by atoms with Crippen molar-refractivity contribution in [2.45, 2.75) is 26.2 Å². The van der Waals surface area contributed by atoms with Gasteiger partial charge in [0.25, 0.3) is 0 Å². The number of rotatable bonds is 9. The Labute approximate surface area is 183 Å². The van der Waals surface area contributed by atoms with Crippen LogP contribution in [0.2, 0.25) is 0 Å². The van der Waals surface area contributed by atoms with Gasteiger partial charge in [0.05, 0.1) is 6.61 Å². The molecular weight excluding hydrogens is 384 g/mol. The van der Waals surface area contributed by atoms with Gasteiger partial charge < -0.3 is 14.6 Å². The molecule has 0 aliphatic rings. The average Bonchev–Trinajstić information content (AvgIpc) is 2.84. The van der Waals surface area contributed by atoms with Crippen LogP contribution in [0, 0.1) is 0 Å². The minimum atomic E-state index is -0.0654. The van der Waals surface area contributed by atoms with Gasteiger partial charge in [-0.15, -0.1) is 0 Å². The third-order valence-electron chi connectivity index (χ3n) is 5.14. The molecule has 3 nitrogen and oxygen atoms in total. The van der Waals surface area contributed by atoms with E-state index in [2.05, 4.69) is 18.2 Å². The van der Waals surface area contributed by atoms with Crippen LogP contribution >= 0.6 is 0 Å². The van der Waals surface area contributed by atoms with Crippen LogP contribution in [0.4, 0.5) is 0 Å². The maximum absolute atomic E-state index is 9.87. The summed E-state index contributed by atoms with van der Waals surface area (Å²) in [6.45, 7) is 0.944. The highest BCUT2D eigenvalue weighted by atomic mass is 16.5. The fourth-order valence-electron chi connectivity index (χ4n) is 3.49. The maximum atomic E-state index is 9.87. The lowest BCUT2D eigenvalue weighted by Gasteiger charge is -2.14. The summed E-state index contributed by atoms with van der Waals surface area (Å²) in [4.78, 5) is 0. The van der Waals surface area contributed by atoms with E-state index in [1.54, 1.807) is 0 Å². The number of hydrogen-bond donors (Lipinski definition) is 1. The molecule has 31 heavy (non-hydrogen) atoms. The monoisotopic (exact) mass is 410 g/mol. The van der Waals surface area contributed by atoms with Gasteiger partial charge >= 0.3 is 0 Å². The quantitative estimate of drug-likeness (QED) is 0.372. The Bertz CT molecular complexity index is 1090. The van der Waals surface area contributed by atoms with Crippen molar-refractivity contribution < 1.29 is 14.6 Å².